The topological polar surface area (TPSA) is 110 Å². The number of fused-ring (bicyclic) bond motifs is 2. The smallest absolute Gasteiger partial charge is 0.264 e. The minimum absolute atomic E-state index is 0.107. The molecule has 0 saturated carbocycles. The number of aliphatic hydroxyl groups is 1. The van der Waals surface area contributed by atoms with Gasteiger partial charge in [0.2, 0.25) is 0 Å². The lowest BCUT2D eigenvalue weighted by Gasteiger charge is -2.38. The van der Waals surface area contributed by atoms with Gasteiger partial charge in [-0.1, -0.05) is 98.8 Å². The highest BCUT2D eigenvalue weighted by atomic mass is 16.5. The van der Waals surface area contributed by atoms with Crippen LogP contribution in [0.4, 0.5) is 17.1 Å². The molecule has 9 rings (SSSR count). The highest BCUT2D eigenvalue weighted by Gasteiger charge is 2.66. The van der Waals surface area contributed by atoms with Gasteiger partial charge in [0.1, 0.15) is 17.5 Å². The van der Waals surface area contributed by atoms with Crippen LogP contribution < -0.4 is 14.5 Å². The number of nitrogens with zero attached hydrogens (tertiary/aromatic N) is 5. The predicted octanol–water partition coefficient (Wildman–Crippen LogP) is 8.26. The van der Waals surface area contributed by atoms with Crippen molar-refractivity contribution in [3.8, 4) is 5.75 Å². The Labute approximate surface area is 331 Å². The number of aromatic nitrogens is 3. The molecule has 0 radical (unpaired) electrons. The quantitative estimate of drug-likeness (QED) is 0.133. The highest BCUT2D eigenvalue weighted by Crippen LogP contribution is 2.60. The lowest BCUT2D eigenvalue weighted by molar-refractivity contribution is -0.146. The van der Waals surface area contributed by atoms with Gasteiger partial charge in [-0.2, -0.15) is 0 Å². The van der Waals surface area contributed by atoms with E-state index in [2.05, 4.69) is 49.8 Å². The van der Waals surface area contributed by atoms with Crippen LogP contribution in [-0.2, 0) is 27.1 Å². The third-order valence-electron chi connectivity index (χ3n) is 12.5. The summed E-state index contributed by atoms with van der Waals surface area (Å²) in [5.74, 6) is 0.0489. The Morgan fingerprint density at radius 3 is 2.46 bits per heavy atom. The molecule has 1 spiro atoms. The Morgan fingerprint density at radius 2 is 1.72 bits per heavy atom. The van der Waals surface area contributed by atoms with E-state index in [9.17, 15) is 9.90 Å². The van der Waals surface area contributed by atoms with Crippen molar-refractivity contribution in [1.29, 1.82) is 0 Å². The van der Waals surface area contributed by atoms with Crippen molar-refractivity contribution in [2.24, 2.45) is 11.8 Å². The van der Waals surface area contributed by atoms with Gasteiger partial charge in [0.05, 0.1) is 36.3 Å². The fraction of sp³-hybridized carbons (Fsp3) is 0.277. The van der Waals surface area contributed by atoms with Crippen LogP contribution in [-0.4, -0.2) is 51.7 Å². The van der Waals surface area contributed by atoms with Crippen LogP contribution in [0.3, 0.4) is 0 Å². The number of ether oxygens (including phenoxy) is 2. The summed E-state index contributed by atoms with van der Waals surface area (Å²) < 4.78 is 14.6. The Kier molecular flexibility index (Phi) is 8.86. The fourth-order valence-corrected chi connectivity index (χ4v) is 9.81. The van der Waals surface area contributed by atoms with Gasteiger partial charge in [-0.15, -0.1) is 11.7 Å². The largest absolute Gasteiger partial charge is 0.497 e. The first-order chi connectivity index (χ1) is 27.6. The predicted molar refractivity (Wildman–Crippen MR) is 220 cm³/mol. The van der Waals surface area contributed by atoms with E-state index in [1.807, 2.05) is 97.1 Å². The van der Waals surface area contributed by atoms with Gasteiger partial charge in [0, 0.05) is 41.6 Å². The Bertz CT molecular complexity index is 2530. The Morgan fingerprint density at radius 1 is 0.965 bits per heavy atom. The van der Waals surface area contributed by atoms with Gasteiger partial charge in [-0.3, -0.25) is 19.2 Å². The first-order valence-corrected chi connectivity index (χ1v) is 19.5. The van der Waals surface area contributed by atoms with Crippen LogP contribution in [0.2, 0.25) is 0 Å². The molecule has 4 heterocycles. The maximum atomic E-state index is 15.1. The zero-order valence-corrected chi connectivity index (χ0v) is 32.5. The van der Waals surface area contributed by atoms with Gasteiger partial charge in [-0.25, -0.2) is 0 Å². The van der Waals surface area contributed by atoms with Crippen molar-refractivity contribution in [3.05, 3.63) is 156 Å². The lowest BCUT2D eigenvalue weighted by atomic mass is 9.63. The van der Waals surface area contributed by atoms with E-state index < -0.39 is 23.2 Å². The first kappa shape index (κ1) is 36.5. The van der Waals surface area contributed by atoms with Crippen molar-refractivity contribution in [2.75, 3.05) is 23.5 Å². The number of rotatable bonds is 11. The summed E-state index contributed by atoms with van der Waals surface area (Å²) in [6, 6.07) is 35.1. The molecule has 1 fully saturated rings. The molecule has 1 N–H and O–H groups in total. The summed E-state index contributed by atoms with van der Waals surface area (Å²) in [5, 5.41) is 21.7. The second-order valence-electron chi connectivity index (χ2n) is 15.9. The molecule has 10 nitrogen and oxygen atoms in total. The molecule has 57 heavy (non-hydrogen) atoms. The summed E-state index contributed by atoms with van der Waals surface area (Å²) in [4.78, 5) is 32.8. The number of hydrogen-bond acceptors (Lipinski definition) is 7. The van der Waals surface area contributed by atoms with E-state index in [-0.39, 0.29) is 23.7 Å². The van der Waals surface area contributed by atoms with Crippen molar-refractivity contribution in [1.82, 2.24) is 15.0 Å². The molecule has 1 saturated heterocycles. The zero-order valence-electron chi connectivity index (χ0n) is 32.5. The number of hydrogen-bond donors (Lipinski definition) is 1. The standard InChI is InChI=1S/C47H45N5O5/c1-6-25-51-38-23-20-33(52-39-17-11-15-30-14-10-16-35(41(30)39)44(52)54)27-36(38)47(45(51)55)29(2)42(46(3,4)32-18-21-34(56-5)22-19-32)40(57-47)24-26-50-28-37(48-49-50)43(53)31-12-8-7-9-13-31/h6-23,27-29,40,42-43,53H,1,24-26H2,2-5H3/t29-,40+,42-,43-,47+/m1/s1. The second-order valence-corrected chi connectivity index (χ2v) is 15.9. The minimum atomic E-state index is -1.36. The molecule has 1 aromatic heterocycles. The summed E-state index contributed by atoms with van der Waals surface area (Å²) in [5.41, 5.74) is 4.09. The zero-order chi connectivity index (χ0) is 39.6. The lowest BCUT2D eigenvalue weighted by Crippen LogP contribution is -2.46. The summed E-state index contributed by atoms with van der Waals surface area (Å²) in [6.07, 6.45) is 2.71. The highest BCUT2D eigenvalue weighted by molar-refractivity contribution is 6.28. The summed E-state index contributed by atoms with van der Waals surface area (Å²) in [6.45, 7) is 11.3. The van der Waals surface area contributed by atoms with E-state index >= 15 is 4.79 Å². The molecule has 5 aromatic carbocycles. The molecule has 3 aliphatic heterocycles. The van der Waals surface area contributed by atoms with Crippen molar-refractivity contribution < 1.29 is 24.2 Å². The third-order valence-corrected chi connectivity index (χ3v) is 12.5. The molecule has 0 unspecified atom stereocenters. The average Bonchev–Trinajstić information content (AvgIpc) is 3.97. The van der Waals surface area contributed by atoms with E-state index in [1.54, 1.807) is 33.9 Å². The Balaban J connectivity index is 1.13. The number of carbonyl (C=O) groups is 2. The van der Waals surface area contributed by atoms with E-state index in [0.29, 0.717) is 36.5 Å². The Hall–Kier alpha value is -6.10. The normalized spacial score (nSPS) is 21.8. The molecule has 10 heteroatoms. The third kappa shape index (κ3) is 5.61. The molecule has 0 bridgehead atoms. The second kappa shape index (κ2) is 13.8. The van der Waals surface area contributed by atoms with Gasteiger partial charge in [0.15, 0.2) is 5.60 Å². The van der Waals surface area contributed by atoms with E-state index in [1.165, 1.54) is 0 Å². The van der Waals surface area contributed by atoms with Crippen molar-refractivity contribution in [2.45, 2.75) is 57.0 Å². The number of carbonyl (C=O) groups excluding carboxylic acids is 2. The molecule has 288 valence electrons. The average molecular weight is 760 g/mol. The number of benzene rings is 5. The van der Waals surface area contributed by atoms with Gasteiger partial charge in [0.25, 0.3) is 11.8 Å². The van der Waals surface area contributed by atoms with Crippen LogP contribution in [0.15, 0.2) is 128 Å². The van der Waals surface area contributed by atoms with Crippen LogP contribution in [0.1, 0.15) is 66.0 Å². The van der Waals surface area contributed by atoms with Crippen molar-refractivity contribution in [3.63, 3.8) is 0 Å². The number of amides is 2. The summed E-state index contributed by atoms with van der Waals surface area (Å²) >= 11 is 0. The van der Waals surface area contributed by atoms with Crippen LogP contribution >= 0.6 is 0 Å². The molecule has 5 atom stereocenters. The number of aliphatic hydroxyl groups excluding tert-OH is 1. The molecule has 0 aliphatic carbocycles. The first-order valence-electron chi connectivity index (χ1n) is 19.5. The van der Waals surface area contributed by atoms with Crippen LogP contribution in [0.25, 0.3) is 10.8 Å². The number of aryl methyl sites for hydroxylation is 1. The number of anilines is 3. The van der Waals surface area contributed by atoms with Gasteiger partial charge < -0.3 is 19.5 Å². The molecule has 2 amide bonds. The van der Waals surface area contributed by atoms with Crippen molar-refractivity contribution >= 4 is 39.6 Å². The molecular weight excluding hydrogens is 715 g/mol. The molecule has 3 aliphatic rings. The SMILES string of the molecule is C=CCN1C(=O)[C@@]2(O[C@@H](CCn3cc([C@H](O)c4ccccc4)nn3)[C@H](C(C)(C)c3ccc(OC)cc3)[C@H]2C)c2cc(N3C(=O)c4cccc5cccc3c45)ccc21. The van der Waals surface area contributed by atoms with Crippen LogP contribution in [0.5, 0.6) is 5.75 Å². The van der Waals surface area contributed by atoms with E-state index in [0.717, 1.165) is 44.6 Å². The molecule has 6 aromatic rings. The van der Waals surface area contributed by atoms with Gasteiger partial charge in [-0.05, 0) is 70.8 Å². The maximum Gasteiger partial charge on any atom is 0.264 e. The number of methoxy groups -OCH3 is 1. The maximum absolute atomic E-state index is 15.1. The van der Waals surface area contributed by atoms with Crippen LogP contribution in [0, 0.1) is 11.8 Å². The monoisotopic (exact) mass is 759 g/mol. The van der Waals surface area contributed by atoms with E-state index in [4.69, 9.17) is 9.47 Å². The van der Waals surface area contributed by atoms with Gasteiger partial charge >= 0.3 is 0 Å². The fourth-order valence-electron chi connectivity index (χ4n) is 9.81. The minimum Gasteiger partial charge on any atom is -0.497 e. The molecular formula is C47H45N5O5. The summed E-state index contributed by atoms with van der Waals surface area (Å²) in [7, 11) is 1.66.